The Kier molecular flexibility index (Phi) is 6.76. The van der Waals surface area contributed by atoms with Crippen LogP contribution >= 0.6 is 0 Å². The molecule has 0 bridgehead atoms. The standard InChI is InChI=1S/C20H24F3N3O3/c1-28-18-10-24-11-19(16(18)12-27)29-13-14-4-2-3-5-15(14)17-6-8-25-26(17)9-7-20(21,22)23/h6,8,10-12,14-15H,2-5,7,9,13H2,1H3. The van der Waals surface area contributed by atoms with Gasteiger partial charge in [0.15, 0.2) is 17.8 Å². The monoisotopic (exact) mass is 411 g/mol. The van der Waals surface area contributed by atoms with Gasteiger partial charge in [0.1, 0.15) is 5.56 Å². The van der Waals surface area contributed by atoms with Crippen LogP contribution in [0.5, 0.6) is 11.5 Å². The first kappa shape index (κ1) is 21.1. The van der Waals surface area contributed by atoms with Crippen LogP contribution in [-0.2, 0) is 6.54 Å². The van der Waals surface area contributed by atoms with Crippen molar-refractivity contribution >= 4 is 6.29 Å². The number of aldehydes is 1. The van der Waals surface area contributed by atoms with E-state index in [2.05, 4.69) is 10.1 Å². The van der Waals surface area contributed by atoms with Crippen LogP contribution in [0.25, 0.3) is 0 Å². The van der Waals surface area contributed by atoms with Crippen LogP contribution in [0.2, 0.25) is 0 Å². The summed E-state index contributed by atoms with van der Waals surface area (Å²) in [7, 11) is 1.45. The Bertz CT molecular complexity index is 823. The van der Waals surface area contributed by atoms with Gasteiger partial charge >= 0.3 is 6.18 Å². The van der Waals surface area contributed by atoms with Gasteiger partial charge in [-0.05, 0) is 18.9 Å². The zero-order chi connectivity index (χ0) is 20.9. The van der Waals surface area contributed by atoms with E-state index in [1.165, 1.54) is 24.2 Å². The van der Waals surface area contributed by atoms with E-state index in [4.69, 9.17) is 9.47 Å². The second-order valence-electron chi connectivity index (χ2n) is 7.18. The van der Waals surface area contributed by atoms with Crippen molar-refractivity contribution in [1.29, 1.82) is 0 Å². The molecule has 0 amide bonds. The number of aryl methyl sites for hydroxylation is 1. The van der Waals surface area contributed by atoms with Gasteiger partial charge < -0.3 is 9.47 Å². The maximum Gasteiger partial charge on any atom is 0.390 e. The molecular formula is C20H24F3N3O3. The zero-order valence-electron chi connectivity index (χ0n) is 16.2. The summed E-state index contributed by atoms with van der Waals surface area (Å²) >= 11 is 0. The van der Waals surface area contributed by atoms with Crippen molar-refractivity contribution in [3.63, 3.8) is 0 Å². The van der Waals surface area contributed by atoms with E-state index in [1.54, 1.807) is 12.3 Å². The van der Waals surface area contributed by atoms with Gasteiger partial charge in [-0.1, -0.05) is 12.8 Å². The number of hydrogen-bond acceptors (Lipinski definition) is 5. The van der Waals surface area contributed by atoms with Gasteiger partial charge in [0.25, 0.3) is 0 Å². The quantitative estimate of drug-likeness (QED) is 0.602. The Labute approximate surface area is 167 Å². The molecule has 29 heavy (non-hydrogen) atoms. The molecular weight excluding hydrogens is 387 g/mol. The van der Waals surface area contributed by atoms with Crippen molar-refractivity contribution in [3.05, 3.63) is 35.9 Å². The predicted octanol–water partition coefficient (Wildman–Crippen LogP) is 4.40. The largest absolute Gasteiger partial charge is 0.494 e. The molecule has 9 heteroatoms. The SMILES string of the molecule is COc1cncc(OCC2CCCCC2c2ccnn2CCC(F)(F)F)c1C=O. The molecule has 6 nitrogen and oxygen atoms in total. The van der Waals surface area contributed by atoms with Crippen LogP contribution in [0.1, 0.15) is 54.1 Å². The van der Waals surface area contributed by atoms with Gasteiger partial charge in [-0.25, -0.2) is 0 Å². The Morgan fingerprint density at radius 2 is 2.00 bits per heavy atom. The fourth-order valence-electron chi connectivity index (χ4n) is 3.90. The van der Waals surface area contributed by atoms with Crippen molar-refractivity contribution < 1.29 is 27.4 Å². The van der Waals surface area contributed by atoms with Gasteiger partial charge in [0.05, 0.1) is 32.5 Å². The second-order valence-corrected chi connectivity index (χ2v) is 7.18. The molecule has 0 aliphatic heterocycles. The molecule has 3 rings (SSSR count). The third-order valence-electron chi connectivity index (χ3n) is 5.35. The van der Waals surface area contributed by atoms with Gasteiger partial charge in [-0.15, -0.1) is 0 Å². The molecule has 0 radical (unpaired) electrons. The van der Waals surface area contributed by atoms with Crippen LogP contribution in [0.15, 0.2) is 24.7 Å². The normalized spacial score (nSPS) is 19.7. The third-order valence-corrected chi connectivity index (χ3v) is 5.35. The third kappa shape index (κ3) is 5.27. The van der Waals surface area contributed by atoms with Crippen molar-refractivity contribution in [2.45, 2.75) is 50.7 Å². The Morgan fingerprint density at radius 1 is 1.24 bits per heavy atom. The minimum atomic E-state index is -4.22. The lowest BCUT2D eigenvalue weighted by atomic mass is 9.78. The smallest absolute Gasteiger partial charge is 0.390 e. The molecule has 2 heterocycles. The Morgan fingerprint density at radius 3 is 2.72 bits per heavy atom. The minimum Gasteiger partial charge on any atom is -0.494 e. The number of hydrogen-bond donors (Lipinski definition) is 0. The van der Waals surface area contributed by atoms with Crippen molar-refractivity contribution in [1.82, 2.24) is 14.8 Å². The van der Waals surface area contributed by atoms with Gasteiger partial charge in [0.2, 0.25) is 0 Å². The van der Waals surface area contributed by atoms with Crippen LogP contribution in [0, 0.1) is 5.92 Å². The summed E-state index contributed by atoms with van der Waals surface area (Å²) in [6, 6.07) is 1.79. The molecule has 0 spiro atoms. The number of carbonyl (C=O) groups excluding carboxylic acids is 1. The van der Waals surface area contributed by atoms with Gasteiger partial charge in [-0.3, -0.25) is 14.5 Å². The summed E-state index contributed by atoms with van der Waals surface area (Å²) in [6.07, 6.45) is 3.79. The van der Waals surface area contributed by atoms with E-state index < -0.39 is 12.6 Å². The molecule has 1 saturated carbocycles. The summed E-state index contributed by atoms with van der Waals surface area (Å²) in [5, 5.41) is 4.10. The molecule has 1 aliphatic rings. The van der Waals surface area contributed by atoms with E-state index in [9.17, 15) is 18.0 Å². The summed E-state index contributed by atoms with van der Waals surface area (Å²) < 4.78 is 50.4. The molecule has 0 saturated heterocycles. The summed E-state index contributed by atoms with van der Waals surface area (Å²) in [5.41, 5.74) is 1.10. The first-order chi connectivity index (χ1) is 13.9. The van der Waals surface area contributed by atoms with Gasteiger partial charge in [-0.2, -0.15) is 18.3 Å². The van der Waals surface area contributed by atoms with E-state index in [-0.39, 0.29) is 18.4 Å². The minimum absolute atomic E-state index is 0.0535. The fourth-order valence-corrected chi connectivity index (χ4v) is 3.90. The number of pyridine rings is 1. The Hall–Kier alpha value is -2.58. The molecule has 0 N–H and O–H groups in total. The molecule has 2 aromatic rings. The van der Waals surface area contributed by atoms with Crippen LogP contribution < -0.4 is 9.47 Å². The highest BCUT2D eigenvalue weighted by Crippen LogP contribution is 2.39. The lowest BCUT2D eigenvalue weighted by molar-refractivity contribution is -0.137. The van der Waals surface area contributed by atoms with E-state index in [0.29, 0.717) is 30.0 Å². The number of nitrogens with zero attached hydrogens (tertiary/aromatic N) is 3. The number of alkyl halides is 3. The highest BCUT2D eigenvalue weighted by molar-refractivity contribution is 5.83. The second kappa shape index (κ2) is 9.28. The number of ether oxygens (including phenoxy) is 2. The molecule has 2 aromatic heterocycles. The topological polar surface area (TPSA) is 66.2 Å². The van der Waals surface area contributed by atoms with Crippen LogP contribution in [-0.4, -0.2) is 40.9 Å². The summed E-state index contributed by atoms with van der Waals surface area (Å²) in [4.78, 5) is 15.4. The summed E-state index contributed by atoms with van der Waals surface area (Å²) in [6.45, 7) is 0.149. The van der Waals surface area contributed by atoms with Crippen molar-refractivity contribution in [2.75, 3.05) is 13.7 Å². The van der Waals surface area contributed by atoms with Gasteiger partial charge in [0, 0.05) is 30.3 Å². The number of carbonyl (C=O) groups is 1. The maximum atomic E-state index is 12.6. The van der Waals surface area contributed by atoms with E-state index in [1.807, 2.05) is 0 Å². The number of rotatable bonds is 8. The number of halogens is 3. The summed E-state index contributed by atoms with van der Waals surface area (Å²) in [5.74, 6) is 0.839. The number of aromatic nitrogens is 3. The van der Waals surface area contributed by atoms with Crippen LogP contribution in [0.3, 0.4) is 0 Å². The maximum absolute atomic E-state index is 12.6. The first-order valence-corrected chi connectivity index (χ1v) is 9.61. The highest BCUT2D eigenvalue weighted by atomic mass is 19.4. The molecule has 2 atom stereocenters. The first-order valence-electron chi connectivity index (χ1n) is 9.61. The van der Waals surface area contributed by atoms with E-state index in [0.717, 1.165) is 31.4 Å². The fraction of sp³-hybridized carbons (Fsp3) is 0.550. The zero-order valence-corrected chi connectivity index (χ0v) is 16.2. The average Bonchev–Trinajstić information content (AvgIpc) is 3.18. The predicted molar refractivity (Wildman–Crippen MR) is 99.3 cm³/mol. The van der Waals surface area contributed by atoms with E-state index >= 15 is 0 Å². The lowest BCUT2D eigenvalue weighted by Crippen LogP contribution is -2.27. The van der Waals surface area contributed by atoms with Crippen molar-refractivity contribution in [3.8, 4) is 11.5 Å². The average molecular weight is 411 g/mol. The molecule has 2 unspecified atom stereocenters. The number of methoxy groups -OCH3 is 1. The Balaban J connectivity index is 1.73. The lowest BCUT2D eigenvalue weighted by Gasteiger charge is -2.32. The van der Waals surface area contributed by atoms with Crippen molar-refractivity contribution in [2.24, 2.45) is 5.92 Å². The molecule has 1 aliphatic carbocycles. The molecule has 158 valence electrons. The highest BCUT2D eigenvalue weighted by Gasteiger charge is 2.32. The van der Waals surface area contributed by atoms with Crippen LogP contribution in [0.4, 0.5) is 13.2 Å². The molecule has 0 aromatic carbocycles. The molecule has 1 fully saturated rings.